The van der Waals surface area contributed by atoms with E-state index in [1.165, 1.54) is 6.42 Å². The van der Waals surface area contributed by atoms with Gasteiger partial charge in [0.2, 0.25) is 17.7 Å². The summed E-state index contributed by atoms with van der Waals surface area (Å²) in [5.41, 5.74) is 1.00. The molecule has 1 aromatic carbocycles. The molecule has 2 saturated heterocycles. The first-order valence-corrected chi connectivity index (χ1v) is 14.9. The number of amides is 3. The summed E-state index contributed by atoms with van der Waals surface area (Å²) in [7, 11) is 1.78. The maximum absolute atomic E-state index is 14.6. The summed E-state index contributed by atoms with van der Waals surface area (Å²) in [6.45, 7) is 0.802. The normalized spacial score (nSPS) is 34.2. The molecule has 1 N–H and O–H groups in total. The quantitative estimate of drug-likeness (QED) is 0.587. The molecule has 3 amide bonds. The molecule has 6 atom stereocenters. The highest BCUT2D eigenvalue weighted by Crippen LogP contribution is 2.61. The van der Waals surface area contributed by atoms with Gasteiger partial charge in [0.05, 0.1) is 29.2 Å². The average Bonchev–Trinajstić information content (AvgIpc) is 3.27. The second-order valence-corrected chi connectivity index (χ2v) is 12.9. The van der Waals surface area contributed by atoms with E-state index >= 15 is 0 Å². The lowest BCUT2D eigenvalue weighted by molar-refractivity contribution is -0.147. The van der Waals surface area contributed by atoms with E-state index in [4.69, 9.17) is 0 Å². The van der Waals surface area contributed by atoms with Gasteiger partial charge >= 0.3 is 0 Å². The Bertz CT molecular complexity index is 1150. The van der Waals surface area contributed by atoms with Gasteiger partial charge in [0, 0.05) is 31.4 Å². The Morgan fingerprint density at radius 1 is 1.00 bits per heavy atom. The third-order valence-corrected chi connectivity index (χ3v) is 11.0. The molecular formula is C30H37N3O4S. The van der Waals surface area contributed by atoms with E-state index in [2.05, 4.69) is 18.2 Å². The summed E-state index contributed by atoms with van der Waals surface area (Å²) < 4.78 is -0.838. The molecule has 0 aromatic heterocycles. The zero-order valence-corrected chi connectivity index (χ0v) is 22.8. The van der Waals surface area contributed by atoms with E-state index in [-0.39, 0.29) is 35.6 Å². The van der Waals surface area contributed by atoms with Gasteiger partial charge in [0.25, 0.3) is 0 Å². The Balaban J connectivity index is 1.45. The molecule has 4 aliphatic heterocycles. The highest BCUT2D eigenvalue weighted by molar-refractivity contribution is 8.02. The Kier molecular flexibility index (Phi) is 6.89. The molecule has 0 radical (unpaired) electrons. The van der Waals surface area contributed by atoms with Crippen molar-refractivity contribution in [2.24, 2.45) is 11.8 Å². The molecule has 1 unspecified atom stereocenters. The predicted molar refractivity (Wildman–Crippen MR) is 147 cm³/mol. The van der Waals surface area contributed by atoms with Crippen molar-refractivity contribution in [1.82, 2.24) is 14.7 Å². The van der Waals surface area contributed by atoms with E-state index in [1.54, 1.807) is 28.6 Å². The number of thioether (sulfide) groups is 1. The molecule has 3 fully saturated rings. The number of carbonyl (C=O) groups is 3. The number of hydrogen-bond donors (Lipinski definition) is 1. The molecule has 8 heteroatoms. The van der Waals surface area contributed by atoms with Crippen molar-refractivity contribution >= 4 is 29.5 Å². The number of fused-ring (bicyclic) bond motifs is 2. The first-order chi connectivity index (χ1) is 18.5. The highest BCUT2D eigenvalue weighted by atomic mass is 32.2. The Morgan fingerprint density at radius 3 is 2.50 bits per heavy atom. The Hall–Kier alpha value is -2.58. The van der Waals surface area contributed by atoms with E-state index < -0.39 is 28.7 Å². The largest absolute Gasteiger partial charge is 0.394 e. The third kappa shape index (κ3) is 4.02. The number of hydrogen-bond acceptors (Lipinski definition) is 5. The van der Waals surface area contributed by atoms with Crippen molar-refractivity contribution in [3.05, 3.63) is 60.2 Å². The number of aliphatic hydroxyl groups excluding tert-OH is 1. The molecule has 1 aliphatic carbocycles. The van der Waals surface area contributed by atoms with Crippen LogP contribution in [0.2, 0.25) is 0 Å². The van der Waals surface area contributed by atoms with Gasteiger partial charge in [0.1, 0.15) is 6.04 Å². The monoisotopic (exact) mass is 535 g/mol. The minimum Gasteiger partial charge on any atom is -0.394 e. The topological polar surface area (TPSA) is 81.2 Å². The number of aliphatic hydroxyl groups is 1. The molecule has 202 valence electrons. The van der Waals surface area contributed by atoms with Crippen molar-refractivity contribution < 1.29 is 19.5 Å². The van der Waals surface area contributed by atoms with Crippen LogP contribution in [-0.4, -0.2) is 92.4 Å². The Labute approximate surface area is 228 Å². The van der Waals surface area contributed by atoms with Crippen LogP contribution in [0.4, 0.5) is 0 Å². The van der Waals surface area contributed by atoms with Crippen LogP contribution in [0.25, 0.3) is 0 Å². The van der Waals surface area contributed by atoms with Gasteiger partial charge in [0.15, 0.2) is 0 Å². The average molecular weight is 536 g/mol. The molecule has 0 bridgehead atoms. The standard InChI is InChI=1S/C30H37N3O4S/c1-31-16-8-14-23-24(27(31)35)25-28(36)33(22(19-34)18-20-10-4-2-5-11-20)26-29(37)32(21-12-6-3-7-13-21)17-9-15-30(25,26)38-23/h2,4-5,8-11,14-15,21-26,34H,3,6-7,12-13,16-19H2,1H3/t22-,23+,24-,25+,26?,30+/m1/s1. The zero-order valence-electron chi connectivity index (χ0n) is 21.9. The van der Waals surface area contributed by atoms with Gasteiger partial charge in [-0.25, -0.2) is 0 Å². The molecule has 1 aromatic rings. The summed E-state index contributed by atoms with van der Waals surface area (Å²) in [4.78, 5) is 48.1. The minimum atomic E-state index is -0.838. The van der Waals surface area contributed by atoms with Gasteiger partial charge in [-0.2, -0.15) is 0 Å². The van der Waals surface area contributed by atoms with E-state index in [0.717, 1.165) is 31.2 Å². The molecule has 5 aliphatic rings. The summed E-state index contributed by atoms with van der Waals surface area (Å²) in [6, 6.07) is 8.69. The van der Waals surface area contributed by atoms with E-state index in [1.807, 2.05) is 41.3 Å². The first kappa shape index (κ1) is 25.7. The fourth-order valence-corrected chi connectivity index (χ4v) is 9.47. The number of carbonyl (C=O) groups excluding carboxylic acids is 3. The fraction of sp³-hybridized carbons (Fsp3) is 0.567. The van der Waals surface area contributed by atoms with Crippen LogP contribution in [-0.2, 0) is 20.8 Å². The van der Waals surface area contributed by atoms with Gasteiger partial charge in [-0.3, -0.25) is 14.4 Å². The second kappa shape index (κ2) is 10.2. The number of benzene rings is 1. The van der Waals surface area contributed by atoms with E-state index in [9.17, 15) is 19.5 Å². The lowest BCUT2D eigenvalue weighted by Gasteiger charge is -2.41. The van der Waals surface area contributed by atoms with Crippen LogP contribution in [0.15, 0.2) is 54.6 Å². The first-order valence-electron chi connectivity index (χ1n) is 14.0. The van der Waals surface area contributed by atoms with Gasteiger partial charge in [-0.15, -0.1) is 11.8 Å². The molecule has 6 rings (SSSR count). The van der Waals surface area contributed by atoms with Crippen molar-refractivity contribution in [1.29, 1.82) is 0 Å². The van der Waals surface area contributed by atoms with Crippen LogP contribution in [0.3, 0.4) is 0 Å². The lowest BCUT2D eigenvalue weighted by atomic mass is 9.78. The van der Waals surface area contributed by atoms with Gasteiger partial charge < -0.3 is 19.8 Å². The second-order valence-electron chi connectivity index (χ2n) is 11.4. The molecule has 38 heavy (non-hydrogen) atoms. The van der Waals surface area contributed by atoms with Crippen LogP contribution in [0.5, 0.6) is 0 Å². The highest BCUT2D eigenvalue weighted by Gasteiger charge is 2.71. The predicted octanol–water partition coefficient (Wildman–Crippen LogP) is 2.65. The molecule has 4 heterocycles. The van der Waals surface area contributed by atoms with E-state index in [0.29, 0.717) is 19.5 Å². The van der Waals surface area contributed by atoms with Gasteiger partial charge in [-0.1, -0.05) is 73.9 Å². The van der Waals surface area contributed by atoms with Crippen molar-refractivity contribution in [2.45, 2.75) is 66.6 Å². The summed E-state index contributed by atoms with van der Waals surface area (Å²) >= 11 is 1.61. The maximum atomic E-state index is 14.6. The summed E-state index contributed by atoms with van der Waals surface area (Å²) in [6.07, 6.45) is 14.0. The summed E-state index contributed by atoms with van der Waals surface area (Å²) in [5, 5.41) is 10.5. The number of likely N-dealkylation sites (N-methyl/N-ethyl adjacent to an activating group) is 1. The van der Waals surface area contributed by atoms with Crippen molar-refractivity contribution in [2.75, 3.05) is 26.7 Å². The number of nitrogens with zero attached hydrogens (tertiary/aromatic N) is 3. The van der Waals surface area contributed by atoms with Crippen LogP contribution >= 0.6 is 11.8 Å². The number of likely N-dealkylation sites (tertiary alicyclic amines) is 1. The smallest absolute Gasteiger partial charge is 0.247 e. The Morgan fingerprint density at radius 2 is 1.76 bits per heavy atom. The third-order valence-electron chi connectivity index (χ3n) is 9.26. The SMILES string of the molecule is CN1CC=C[C@@H]2S[C@]34C=CCN(C5CCCCC5)C(=O)C3N([C@@H](CO)Cc3ccccc3)C(=O)[C@@H]4[C@@H]2C1=O. The van der Waals surface area contributed by atoms with Crippen LogP contribution in [0.1, 0.15) is 37.7 Å². The molecule has 1 saturated carbocycles. The molecule has 1 spiro atoms. The van der Waals surface area contributed by atoms with Crippen LogP contribution in [0, 0.1) is 11.8 Å². The maximum Gasteiger partial charge on any atom is 0.247 e. The fourth-order valence-electron chi connectivity index (χ4n) is 7.47. The summed E-state index contributed by atoms with van der Waals surface area (Å²) in [5.74, 6) is -1.42. The van der Waals surface area contributed by atoms with Gasteiger partial charge in [-0.05, 0) is 24.8 Å². The number of rotatable bonds is 5. The van der Waals surface area contributed by atoms with Crippen molar-refractivity contribution in [3.63, 3.8) is 0 Å². The van der Waals surface area contributed by atoms with Crippen molar-refractivity contribution in [3.8, 4) is 0 Å². The zero-order chi connectivity index (χ0) is 26.4. The lowest BCUT2D eigenvalue weighted by Crippen LogP contribution is -2.58. The molecular weight excluding hydrogens is 498 g/mol. The van der Waals surface area contributed by atoms with Crippen LogP contribution < -0.4 is 0 Å². The molecule has 7 nitrogen and oxygen atoms in total. The minimum absolute atomic E-state index is 0.0296.